The van der Waals surface area contributed by atoms with Gasteiger partial charge in [0.1, 0.15) is 0 Å². The third-order valence-corrected chi connectivity index (χ3v) is 11.0. The van der Waals surface area contributed by atoms with Gasteiger partial charge in [-0.3, -0.25) is 8.97 Å². The molecule has 4 bridgehead atoms. The quantitative estimate of drug-likeness (QED) is 0.175. The van der Waals surface area contributed by atoms with E-state index in [9.17, 15) is 32.9 Å². The first-order valence-corrected chi connectivity index (χ1v) is 17.0. The smallest absolute Gasteiger partial charge is 0.220 e. The van der Waals surface area contributed by atoms with Crippen LogP contribution in [0.1, 0.15) is 110 Å². The van der Waals surface area contributed by atoms with Crippen molar-refractivity contribution in [1.29, 1.82) is 0 Å². The van der Waals surface area contributed by atoms with Gasteiger partial charge in [0.05, 0.1) is 38.8 Å². The lowest BCUT2D eigenvalue weighted by Gasteiger charge is -2.47. The maximum Gasteiger partial charge on any atom is 0.220 e. The number of benzene rings is 6. The second kappa shape index (κ2) is 10.5. The summed E-state index contributed by atoms with van der Waals surface area (Å²) < 4.78 is 228. The van der Waals surface area contributed by atoms with Crippen molar-refractivity contribution < 1.29 is 32.9 Å². The summed E-state index contributed by atoms with van der Waals surface area (Å²) in [5.74, 6) is -0.223. The second-order valence-corrected chi connectivity index (χ2v) is 13.9. The molecule has 0 aliphatic heterocycles. The van der Waals surface area contributed by atoms with Gasteiger partial charge in [0.25, 0.3) is 0 Å². The third-order valence-electron chi connectivity index (χ3n) is 11.0. The van der Waals surface area contributed by atoms with E-state index in [1.807, 2.05) is 53.1 Å². The Labute approximate surface area is 345 Å². The topological polar surface area (TPSA) is 27.2 Å². The molecule has 0 saturated heterocycles. The molecule has 3 aromatic heterocycles. The molecule has 0 saturated carbocycles. The van der Waals surface area contributed by atoms with Gasteiger partial charge in [-0.15, -0.1) is 0 Å². The predicted octanol–water partition coefficient (Wildman–Crippen LogP) is 12.4. The van der Waals surface area contributed by atoms with E-state index in [1.54, 1.807) is 40.8 Å². The Morgan fingerprint density at radius 3 is 1.64 bits per heavy atom. The number of para-hydroxylation sites is 4. The van der Waals surface area contributed by atoms with Crippen LogP contribution >= 0.6 is 0 Å². The lowest BCUT2D eigenvalue weighted by molar-refractivity contribution is 0.292. The van der Waals surface area contributed by atoms with Crippen LogP contribution in [0.3, 0.4) is 0 Å². The number of aromatic nitrogens is 4. The first-order valence-electron chi connectivity index (χ1n) is 29.0. The highest BCUT2D eigenvalue weighted by molar-refractivity contribution is 6.09. The SMILES string of the molecule is [2H]C([2H])([2H])C1(C([2H])([2H])[2H])c2ccc(cc2)C(C([2H])([2H])[2H])(C([2H])([2H])[2H])C(C([2H])([2H])[2H])(C([2H])([2H])[2H])c2ccc(cc2-n2c3ccc(-n4c5ccccc5c5ccccc54)cc3n3c4ccccc4nc23)C1(C([2H])([2H])[2H])C([2H])([2H])[2H]. The maximum absolute atomic E-state index is 9.50. The highest BCUT2D eigenvalue weighted by Crippen LogP contribution is 2.51. The van der Waals surface area contributed by atoms with Gasteiger partial charge in [-0.2, -0.15) is 0 Å². The number of fused-ring (bicyclic) bond motifs is 8. The molecule has 0 radical (unpaired) electrons. The fraction of sp³-hybridized carbons (Fsp3) is 0.245. The van der Waals surface area contributed by atoms with Crippen LogP contribution in [0.2, 0.25) is 0 Å². The van der Waals surface area contributed by atoms with Crippen LogP contribution in [0.15, 0.2) is 133 Å². The van der Waals surface area contributed by atoms with Crippen LogP contribution in [0.25, 0.3) is 61.0 Å². The zero-order chi connectivity index (χ0) is 56.7. The van der Waals surface area contributed by atoms with Crippen molar-refractivity contribution in [1.82, 2.24) is 18.5 Å². The van der Waals surface area contributed by atoms with Gasteiger partial charge in [-0.05, 0) is 87.0 Å². The van der Waals surface area contributed by atoms with Crippen molar-refractivity contribution in [3.05, 3.63) is 156 Å². The van der Waals surface area contributed by atoms with Crippen molar-refractivity contribution in [2.24, 2.45) is 0 Å². The molecular formula is C49H46N4. The molecule has 0 unspecified atom stereocenters. The Balaban J connectivity index is 1.54. The molecule has 13 rings (SSSR count). The van der Waals surface area contributed by atoms with Crippen molar-refractivity contribution in [2.75, 3.05) is 0 Å². The molecule has 53 heavy (non-hydrogen) atoms. The number of imidazole rings is 2. The monoisotopic (exact) mass is 715 g/mol. The molecule has 0 spiro atoms. The zero-order valence-electron chi connectivity index (χ0n) is 52.0. The lowest BCUT2D eigenvalue weighted by atomic mass is 9.57. The number of hydrogen-bond donors (Lipinski definition) is 0. The Morgan fingerprint density at radius 2 is 1.00 bits per heavy atom. The number of rotatable bonds is 2. The van der Waals surface area contributed by atoms with Gasteiger partial charge < -0.3 is 4.57 Å². The molecule has 9 aromatic rings. The number of nitrogens with zero attached hydrogens (tertiary/aromatic N) is 4. The van der Waals surface area contributed by atoms with Crippen LogP contribution in [-0.2, 0) is 21.7 Å². The normalized spacial score (nSPS) is 25.9. The first kappa shape index (κ1) is 15.8. The molecule has 4 aliphatic carbocycles. The molecule has 0 fully saturated rings. The van der Waals surface area contributed by atoms with E-state index in [0.717, 1.165) is 26.4 Å². The van der Waals surface area contributed by atoms with Gasteiger partial charge in [-0.1, -0.05) is 140 Å². The summed E-state index contributed by atoms with van der Waals surface area (Å²) in [5.41, 5.74) is -18.9. The van der Waals surface area contributed by atoms with Crippen LogP contribution in [0, 0.1) is 0 Å². The van der Waals surface area contributed by atoms with E-state index < -0.39 is 104 Å². The standard InChI is InChI=1S/C49H46N4/c1-46(2)31-21-23-32(24-22-31)47(3,4)49(7,8)37-27-25-33(48(46,5)6)29-43(37)53-42-28-26-34(30-44(42)52-41-20-14-11-17-38(41)50-45(52)53)51-39-18-12-9-15-35(39)36-16-10-13-19-40(36)51/h9-30H,1-8H3/i1D3,2D3,3D3,4D3,5D3,6D3,7D3,8D3. The largest absolute Gasteiger partial charge is 0.309 e. The molecule has 0 atom stereocenters. The molecule has 262 valence electrons. The molecule has 4 nitrogen and oxygen atoms in total. The average Bonchev–Trinajstić information content (AvgIpc) is 3.95. The van der Waals surface area contributed by atoms with E-state index in [2.05, 4.69) is 0 Å². The van der Waals surface area contributed by atoms with Gasteiger partial charge in [0, 0.05) is 54.8 Å². The Morgan fingerprint density at radius 1 is 0.453 bits per heavy atom. The van der Waals surface area contributed by atoms with E-state index in [-0.39, 0.29) is 22.3 Å². The summed E-state index contributed by atoms with van der Waals surface area (Å²) in [6.45, 7) is -33.7. The minimum atomic E-state index is -4.25. The summed E-state index contributed by atoms with van der Waals surface area (Å²) in [5, 5.41) is 1.77. The van der Waals surface area contributed by atoms with E-state index >= 15 is 0 Å². The highest BCUT2D eigenvalue weighted by atomic mass is 15.2. The summed E-state index contributed by atoms with van der Waals surface area (Å²) >= 11 is 0. The summed E-state index contributed by atoms with van der Waals surface area (Å²) in [6, 6.07) is 30.6. The molecule has 0 amide bonds. The lowest BCUT2D eigenvalue weighted by Crippen LogP contribution is -2.43. The first-order chi connectivity index (χ1) is 35.3. The summed E-state index contributed by atoms with van der Waals surface area (Å²) in [7, 11) is 0. The molecular weight excluding hydrogens is 645 g/mol. The van der Waals surface area contributed by atoms with E-state index in [4.69, 9.17) is 4.98 Å². The van der Waals surface area contributed by atoms with Crippen molar-refractivity contribution in [2.45, 2.75) is 76.5 Å². The Bertz CT molecular complexity index is 3720. The molecule has 0 N–H and O–H groups in total. The van der Waals surface area contributed by atoms with E-state index in [1.165, 1.54) is 6.07 Å². The van der Waals surface area contributed by atoms with Crippen LogP contribution in [0.4, 0.5) is 0 Å². The van der Waals surface area contributed by atoms with Crippen LogP contribution < -0.4 is 0 Å². The molecule has 4 heteroatoms. The highest BCUT2D eigenvalue weighted by Gasteiger charge is 2.45. The fourth-order valence-corrected chi connectivity index (χ4v) is 8.05. The van der Waals surface area contributed by atoms with Crippen LogP contribution in [-0.4, -0.2) is 18.5 Å². The predicted molar refractivity (Wildman–Crippen MR) is 222 cm³/mol. The van der Waals surface area contributed by atoms with Crippen LogP contribution in [0.5, 0.6) is 0 Å². The Hall–Kier alpha value is -5.61. The Kier molecular flexibility index (Phi) is 3.13. The molecule has 3 heterocycles. The summed E-state index contributed by atoms with van der Waals surface area (Å²) in [4.78, 5) is 4.91. The van der Waals surface area contributed by atoms with Gasteiger partial charge in [0.15, 0.2) is 0 Å². The van der Waals surface area contributed by atoms with E-state index in [0.29, 0.717) is 53.7 Å². The van der Waals surface area contributed by atoms with Crippen molar-refractivity contribution in [3.8, 4) is 11.4 Å². The zero-order valence-corrected chi connectivity index (χ0v) is 28.0. The minimum Gasteiger partial charge on any atom is -0.309 e. The fourth-order valence-electron chi connectivity index (χ4n) is 8.05. The summed E-state index contributed by atoms with van der Waals surface area (Å²) in [6.07, 6.45) is 0. The van der Waals surface area contributed by atoms with Crippen molar-refractivity contribution in [3.63, 3.8) is 0 Å². The number of hydrogen-bond acceptors (Lipinski definition) is 1. The van der Waals surface area contributed by atoms with Gasteiger partial charge in [0.2, 0.25) is 5.78 Å². The van der Waals surface area contributed by atoms with Crippen molar-refractivity contribution >= 4 is 49.7 Å². The van der Waals surface area contributed by atoms with Gasteiger partial charge >= 0.3 is 0 Å². The average molecular weight is 715 g/mol. The minimum absolute atomic E-state index is 0.0128. The third kappa shape index (κ3) is 4.10. The maximum atomic E-state index is 9.50. The molecule has 6 aromatic carbocycles. The second-order valence-electron chi connectivity index (χ2n) is 13.9. The van der Waals surface area contributed by atoms with Gasteiger partial charge in [-0.25, -0.2) is 4.98 Å². The molecule has 4 aliphatic rings.